The highest BCUT2D eigenvalue weighted by molar-refractivity contribution is 7.10. The SMILES string of the molecule is CC(C)CC(Nc1nc(C2CC2)ns1)c1cccs1. The molecule has 1 aliphatic carbocycles. The summed E-state index contributed by atoms with van der Waals surface area (Å²) < 4.78 is 4.46. The molecule has 2 heterocycles. The van der Waals surface area contributed by atoms with E-state index in [1.807, 2.05) is 11.3 Å². The number of nitrogens with zero attached hydrogens (tertiary/aromatic N) is 2. The predicted octanol–water partition coefficient (Wildman–Crippen LogP) is 4.68. The van der Waals surface area contributed by atoms with Gasteiger partial charge >= 0.3 is 0 Å². The summed E-state index contributed by atoms with van der Waals surface area (Å²) in [7, 11) is 0. The van der Waals surface area contributed by atoms with Gasteiger partial charge in [0.05, 0.1) is 6.04 Å². The van der Waals surface area contributed by atoms with Gasteiger partial charge in [-0.15, -0.1) is 11.3 Å². The van der Waals surface area contributed by atoms with Crippen molar-refractivity contribution < 1.29 is 0 Å². The topological polar surface area (TPSA) is 37.8 Å². The first-order valence-electron chi connectivity index (χ1n) is 6.86. The van der Waals surface area contributed by atoms with Crippen molar-refractivity contribution in [2.45, 2.75) is 45.1 Å². The lowest BCUT2D eigenvalue weighted by Crippen LogP contribution is -2.12. The molecule has 102 valence electrons. The molecule has 1 atom stereocenters. The Morgan fingerprint density at radius 1 is 1.42 bits per heavy atom. The number of hydrogen-bond donors (Lipinski definition) is 1. The number of rotatable bonds is 6. The smallest absolute Gasteiger partial charge is 0.203 e. The maximum absolute atomic E-state index is 4.63. The number of aromatic nitrogens is 2. The fourth-order valence-corrected chi connectivity index (χ4v) is 3.65. The van der Waals surface area contributed by atoms with Gasteiger partial charge in [0.2, 0.25) is 5.13 Å². The van der Waals surface area contributed by atoms with Gasteiger partial charge in [-0.05, 0) is 36.6 Å². The Morgan fingerprint density at radius 2 is 2.26 bits per heavy atom. The van der Waals surface area contributed by atoms with Crippen molar-refractivity contribution in [3.8, 4) is 0 Å². The van der Waals surface area contributed by atoms with Gasteiger partial charge in [0.1, 0.15) is 5.82 Å². The van der Waals surface area contributed by atoms with Crippen LogP contribution in [0.25, 0.3) is 0 Å². The van der Waals surface area contributed by atoms with Crippen molar-refractivity contribution in [2.24, 2.45) is 5.92 Å². The minimum Gasteiger partial charge on any atom is -0.353 e. The van der Waals surface area contributed by atoms with Crippen molar-refractivity contribution in [3.05, 3.63) is 28.2 Å². The second kappa shape index (κ2) is 5.59. The van der Waals surface area contributed by atoms with Crippen LogP contribution in [0.1, 0.15) is 55.8 Å². The standard InChI is InChI=1S/C14H19N3S2/c1-9(2)8-11(12-4-3-7-18-12)15-14-16-13(17-19-14)10-5-6-10/h3-4,7,9-11H,5-6,8H2,1-2H3,(H,15,16,17). The first-order valence-corrected chi connectivity index (χ1v) is 8.51. The number of anilines is 1. The molecule has 0 aliphatic heterocycles. The van der Waals surface area contributed by atoms with Crippen LogP contribution in [-0.2, 0) is 0 Å². The van der Waals surface area contributed by atoms with Crippen molar-refractivity contribution in [2.75, 3.05) is 5.32 Å². The molecular formula is C14H19N3S2. The third-order valence-electron chi connectivity index (χ3n) is 3.28. The van der Waals surface area contributed by atoms with Crippen LogP contribution in [0.15, 0.2) is 17.5 Å². The highest BCUT2D eigenvalue weighted by Crippen LogP contribution is 2.40. The zero-order valence-corrected chi connectivity index (χ0v) is 12.9. The molecule has 3 nitrogen and oxygen atoms in total. The van der Waals surface area contributed by atoms with Crippen LogP contribution in [-0.4, -0.2) is 9.36 Å². The Hall–Kier alpha value is -0.940. The zero-order chi connectivity index (χ0) is 13.2. The van der Waals surface area contributed by atoms with Crippen LogP contribution in [0.2, 0.25) is 0 Å². The van der Waals surface area contributed by atoms with E-state index < -0.39 is 0 Å². The Kier molecular flexibility index (Phi) is 3.84. The fourth-order valence-electron chi connectivity index (χ4n) is 2.16. The molecule has 0 radical (unpaired) electrons. The molecule has 2 aromatic rings. The molecule has 0 aromatic carbocycles. The van der Waals surface area contributed by atoms with Gasteiger partial charge in [-0.3, -0.25) is 0 Å². The van der Waals surface area contributed by atoms with Gasteiger partial charge in [-0.25, -0.2) is 4.98 Å². The van der Waals surface area contributed by atoms with Crippen molar-refractivity contribution in [1.82, 2.24) is 9.36 Å². The summed E-state index contributed by atoms with van der Waals surface area (Å²) in [4.78, 5) is 6.02. The van der Waals surface area contributed by atoms with E-state index in [0.29, 0.717) is 17.9 Å². The second-order valence-corrected chi connectivity index (χ2v) is 7.31. The summed E-state index contributed by atoms with van der Waals surface area (Å²) in [6.45, 7) is 4.52. The van der Waals surface area contributed by atoms with E-state index in [1.165, 1.54) is 29.3 Å². The summed E-state index contributed by atoms with van der Waals surface area (Å²) in [5, 5.41) is 6.68. The number of thiophene rings is 1. The fraction of sp³-hybridized carbons (Fsp3) is 0.571. The molecule has 3 rings (SSSR count). The third-order valence-corrected chi connectivity index (χ3v) is 4.92. The molecular weight excluding hydrogens is 274 g/mol. The summed E-state index contributed by atoms with van der Waals surface area (Å²) >= 11 is 3.31. The average Bonchev–Trinajstić information content (AvgIpc) is 2.91. The van der Waals surface area contributed by atoms with Gasteiger partial charge in [0.15, 0.2) is 0 Å². The van der Waals surface area contributed by atoms with Crippen molar-refractivity contribution in [1.29, 1.82) is 0 Å². The monoisotopic (exact) mass is 293 g/mol. The van der Waals surface area contributed by atoms with E-state index in [0.717, 1.165) is 17.4 Å². The molecule has 1 unspecified atom stereocenters. The van der Waals surface area contributed by atoms with Gasteiger partial charge in [0.25, 0.3) is 0 Å². The molecule has 19 heavy (non-hydrogen) atoms. The maximum Gasteiger partial charge on any atom is 0.203 e. The molecule has 1 N–H and O–H groups in total. The molecule has 2 aromatic heterocycles. The van der Waals surface area contributed by atoms with E-state index in [4.69, 9.17) is 0 Å². The molecule has 0 amide bonds. The van der Waals surface area contributed by atoms with Crippen LogP contribution in [0, 0.1) is 5.92 Å². The van der Waals surface area contributed by atoms with E-state index in [-0.39, 0.29) is 0 Å². The van der Waals surface area contributed by atoms with Crippen LogP contribution in [0.4, 0.5) is 5.13 Å². The Bertz CT molecular complexity index is 515. The van der Waals surface area contributed by atoms with Gasteiger partial charge in [-0.2, -0.15) is 4.37 Å². The van der Waals surface area contributed by atoms with Gasteiger partial charge in [0, 0.05) is 22.3 Å². The minimum atomic E-state index is 0.361. The molecule has 5 heteroatoms. The Morgan fingerprint density at radius 3 is 2.89 bits per heavy atom. The van der Waals surface area contributed by atoms with E-state index >= 15 is 0 Å². The van der Waals surface area contributed by atoms with E-state index in [2.05, 4.69) is 46.0 Å². The van der Waals surface area contributed by atoms with Crippen LogP contribution in [0.5, 0.6) is 0 Å². The Balaban J connectivity index is 1.72. The van der Waals surface area contributed by atoms with Crippen LogP contribution >= 0.6 is 22.9 Å². The average molecular weight is 293 g/mol. The first kappa shape index (κ1) is 13.1. The lowest BCUT2D eigenvalue weighted by atomic mass is 10.0. The maximum atomic E-state index is 4.63. The molecule has 0 bridgehead atoms. The lowest BCUT2D eigenvalue weighted by Gasteiger charge is -2.18. The van der Waals surface area contributed by atoms with E-state index in [1.54, 1.807) is 0 Å². The van der Waals surface area contributed by atoms with Crippen LogP contribution < -0.4 is 5.32 Å². The molecule has 0 spiro atoms. The van der Waals surface area contributed by atoms with Crippen molar-refractivity contribution >= 4 is 28.0 Å². The summed E-state index contributed by atoms with van der Waals surface area (Å²) in [5.74, 6) is 2.34. The first-order chi connectivity index (χ1) is 9.22. The van der Waals surface area contributed by atoms with Crippen LogP contribution in [0.3, 0.4) is 0 Å². The lowest BCUT2D eigenvalue weighted by molar-refractivity contribution is 0.535. The highest BCUT2D eigenvalue weighted by atomic mass is 32.1. The quantitative estimate of drug-likeness (QED) is 0.840. The number of nitrogens with one attached hydrogen (secondary N) is 1. The minimum absolute atomic E-state index is 0.361. The van der Waals surface area contributed by atoms with Gasteiger partial charge in [-0.1, -0.05) is 19.9 Å². The molecule has 1 aliphatic rings. The number of hydrogen-bond acceptors (Lipinski definition) is 5. The summed E-state index contributed by atoms with van der Waals surface area (Å²) in [6, 6.07) is 4.68. The van der Waals surface area contributed by atoms with Crippen molar-refractivity contribution in [3.63, 3.8) is 0 Å². The Labute approximate surface area is 122 Å². The summed E-state index contributed by atoms with van der Waals surface area (Å²) in [5.41, 5.74) is 0. The third kappa shape index (κ3) is 3.34. The second-order valence-electron chi connectivity index (χ2n) is 5.57. The largest absolute Gasteiger partial charge is 0.353 e. The normalized spacial score (nSPS) is 16.8. The molecule has 1 saturated carbocycles. The highest BCUT2D eigenvalue weighted by Gasteiger charge is 2.28. The van der Waals surface area contributed by atoms with E-state index in [9.17, 15) is 0 Å². The molecule has 0 saturated heterocycles. The van der Waals surface area contributed by atoms with Gasteiger partial charge < -0.3 is 5.32 Å². The predicted molar refractivity (Wildman–Crippen MR) is 82.0 cm³/mol. The zero-order valence-electron chi connectivity index (χ0n) is 11.3. The summed E-state index contributed by atoms with van der Waals surface area (Å²) in [6.07, 6.45) is 3.64. The molecule has 1 fully saturated rings.